The molecule has 1 aromatic rings. The van der Waals surface area contributed by atoms with Crippen LogP contribution >= 0.6 is 0 Å². The van der Waals surface area contributed by atoms with Gasteiger partial charge < -0.3 is 10.1 Å². The molecule has 0 fully saturated rings. The summed E-state index contributed by atoms with van der Waals surface area (Å²) in [5.74, 6) is -3.43. The third-order valence-electron chi connectivity index (χ3n) is 1.99. The van der Waals surface area contributed by atoms with Crippen molar-refractivity contribution in [2.75, 3.05) is 13.2 Å². The fourth-order valence-electron chi connectivity index (χ4n) is 1.19. The number of nitrogens with zero attached hydrogens (tertiary/aromatic N) is 1. The molecule has 0 aliphatic rings. The monoisotopic (exact) mass is 268 g/mol. The molecule has 0 aliphatic heterocycles. The minimum atomic E-state index is -1.01. The molecule has 0 aliphatic carbocycles. The van der Waals surface area contributed by atoms with Gasteiger partial charge >= 0.3 is 5.97 Å². The van der Waals surface area contributed by atoms with Gasteiger partial charge in [-0.25, -0.2) is 13.6 Å². The first kappa shape index (κ1) is 14.6. The van der Waals surface area contributed by atoms with Gasteiger partial charge in [-0.1, -0.05) is 0 Å². The van der Waals surface area contributed by atoms with Crippen molar-refractivity contribution in [2.45, 2.75) is 6.42 Å². The highest BCUT2D eigenvalue weighted by atomic mass is 19.1. The van der Waals surface area contributed by atoms with Gasteiger partial charge in [0.05, 0.1) is 18.1 Å². The Bertz CT molecular complexity index is 506. The van der Waals surface area contributed by atoms with Crippen LogP contribution in [-0.4, -0.2) is 25.0 Å². The molecule has 0 bridgehead atoms. The Balaban J connectivity index is 2.47. The Kier molecular flexibility index (Phi) is 5.41. The van der Waals surface area contributed by atoms with E-state index in [1.54, 1.807) is 0 Å². The summed E-state index contributed by atoms with van der Waals surface area (Å²) < 4.78 is 30.2. The van der Waals surface area contributed by atoms with Crippen molar-refractivity contribution in [2.24, 2.45) is 0 Å². The van der Waals surface area contributed by atoms with Gasteiger partial charge in [-0.3, -0.25) is 4.79 Å². The zero-order valence-electron chi connectivity index (χ0n) is 9.78. The summed E-state index contributed by atoms with van der Waals surface area (Å²) in [7, 11) is 0. The second-order valence-electron chi connectivity index (χ2n) is 3.49. The van der Waals surface area contributed by atoms with Crippen molar-refractivity contribution in [3.05, 3.63) is 35.4 Å². The number of esters is 1. The lowest BCUT2D eigenvalue weighted by molar-refractivity contribution is -0.124. The predicted molar refractivity (Wildman–Crippen MR) is 59.9 cm³/mol. The predicted octanol–water partition coefficient (Wildman–Crippen LogP) is 1.15. The molecule has 7 heteroatoms. The summed E-state index contributed by atoms with van der Waals surface area (Å²) >= 11 is 0. The average Bonchev–Trinajstić information content (AvgIpc) is 2.35. The highest BCUT2D eigenvalue weighted by molar-refractivity contribution is 5.91. The Morgan fingerprint density at radius 3 is 2.47 bits per heavy atom. The van der Waals surface area contributed by atoms with E-state index >= 15 is 0 Å². The van der Waals surface area contributed by atoms with Crippen LogP contribution in [0.1, 0.15) is 16.8 Å². The van der Waals surface area contributed by atoms with Gasteiger partial charge in [-0.2, -0.15) is 5.26 Å². The fourth-order valence-corrected chi connectivity index (χ4v) is 1.19. The van der Waals surface area contributed by atoms with Gasteiger partial charge in [-0.15, -0.1) is 0 Å². The van der Waals surface area contributed by atoms with Crippen LogP contribution in [0.4, 0.5) is 8.78 Å². The number of halogens is 2. The number of carbonyl (C=O) groups excluding carboxylic acids is 2. The summed E-state index contributed by atoms with van der Waals surface area (Å²) in [6.45, 7) is -0.441. The van der Waals surface area contributed by atoms with E-state index in [4.69, 9.17) is 5.26 Å². The molecule has 5 nitrogen and oxygen atoms in total. The van der Waals surface area contributed by atoms with Crippen molar-refractivity contribution >= 4 is 11.9 Å². The molecule has 0 aromatic heterocycles. The van der Waals surface area contributed by atoms with Crippen molar-refractivity contribution in [3.8, 4) is 6.07 Å². The molecule has 0 spiro atoms. The number of benzene rings is 1. The first-order valence-electron chi connectivity index (χ1n) is 5.30. The third kappa shape index (κ3) is 5.12. The first-order chi connectivity index (χ1) is 9.02. The first-order valence-corrected chi connectivity index (χ1v) is 5.30. The number of nitrogens with one attached hydrogen (secondary N) is 1. The minimum Gasteiger partial charge on any atom is -0.452 e. The highest BCUT2D eigenvalue weighted by Crippen LogP contribution is 2.09. The summed E-state index contributed by atoms with van der Waals surface area (Å²) in [5, 5.41) is 10.6. The molecular formula is C12H10F2N2O3. The van der Waals surface area contributed by atoms with E-state index in [0.717, 1.165) is 12.1 Å². The standard InChI is InChI=1S/C12H10F2N2O3/c13-9-4-8(5-10(14)6-9)12(18)19-7-11(17)16-3-1-2-15/h4-6H,1,3,7H2,(H,16,17). The van der Waals surface area contributed by atoms with Crippen LogP contribution in [0, 0.1) is 23.0 Å². The van der Waals surface area contributed by atoms with Gasteiger partial charge in [0.25, 0.3) is 5.91 Å². The number of hydrogen-bond donors (Lipinski definition) is 1. The number of nitriles is 1. The molecule has 0 saturated heterocycles. The molecule has 0 atom stereocenters. The lowest BCUT2D eigenvalue weighted by Gasteiger charge is -2.05. The van der Waals surface area contributed by atoms with Gasteiger partial charge in [-0.05, 0) is 12.1 Å². The smallest absolute Gasteiger partial charge is 0.338 e. The molecule has 1 amide bonds. The van der Waals surface area contributed by atoms with E-state index in [-0.39, 0.29) is 18.5 Å². The molecule has 19 heavy (non-hydrogen) atoms. The van der Waals surface area contributed by atoms with E-state index in [1.807, 2.05) is 6.07 Å². The zero-order valence-corrected chi connectivity index (χ0v) is 9.78. The van der Waals surface area contributed by atoms with Gasteiger partial charge in [0.15, 0.2) is 6.61 Å². The molecule has 0 heterocycles. The SMILES string of the molecule is N#CCCNC(=O)COC(=O)c1cc(F)cc(F)c1. The second kappa shape index (κ2) is 7.06. The van der Waals surface area contributed by atoms with Crippen LogP contribution in [0.15, 0.2) is 18.2 Å². The topological polar surface area (TPSA) is 79.2 Å². The van der Waals surface area contributed by atoms with Crippen molar-refractivity contribution in [1.82, 2.24) is 5.32 Å². The average molecular weight is 268 g/mol. The maximum absolute atomic E-state index is 12.8. The normalized spacial score (nSPS) is 9.53. The van der Waals surface area contributed by atoms with E-state index in [1.165, 1.54) is 0 Å². The van der Waals surface area contributed by atoms with E-state index < -0.39 is 30.1 Å². The summed E-state index contributed by atoms with van der Waals surface area (Å²) in [6.07, 6.45) is 0.134. The molecule has 0 radical (unpaired) electrons. The zero-order chi connectivity index (χ0) is 14.3. The summed E-state index contributed by atoms with van der Waals surface area (Å²) in [6, 6.07) is 4.05. The number of ether oxygens (including phenoxy) is 1. The quantitative estimate of drug-likeness (QED) is 0.641. The number of hydrogen-bond acceptors (Lipinski definition) is 4. The Hall–Kier alpha value is -2.49. The Labute approximate surface area is 107 Å². The van der Waals surface area contributed by atoms with Crippen LogP contribution in [0.5, 0.6) is 0 Å². The number of rotatable bonds is 5. The molecule has 1 rings (SSSR count). The Morgan fingerprint density at radius 2 is 1.89 bits per heavy atom. The third-order valence-corrected chi connectivity index (χ3v) is 1.99. The molecule has 100 valence electrons. The van der Waals surface area contributed by atoms with Crippen molar-refractivity contribution in [3.63, 3.8) is 0 Å². The highest BCUT2D eigenvalue weighted by Gasteiger charge is 2.12. The van der Waals surface area contributed by atoms with Crippen LogP contribution in [0.25, 0.3) is 0 Å². The van der Waals surface area contributed by atoms with Gasteiger partial charge in [0, 0.05) is 12.6 Å². The molecule has 1 N–H and O–H groups in total. The molecule has 0 saturated carbocycles. The minimum absolute atomic E-state index is 0.134. The number of carbonyl (C=O) groups is 2. The largest absolute Gasteiger partial charge is 0.452 e. The molecular weight excluding hydrogens is 258 g/mol. The van der Waals surface area contributed by atoms with Gasteiger partial charge in [0.1, 0.15) is 11.6 Å². The van der Waals surface area contributed by atoms with E-state index in [0.29, 0.717) is 6.07 Å². The molecule has 1 aromatic carbocycles. The lowest BCUT2D eigenvalue weighted by atomic mass is 10.2. The van der Waals surface area contributed by atoms with Crippen LogP contribution in [0.3, 0.4) is 0 Å². The van der Waals surface area contributed by atoms with Crippen LogP contribution in [-0.2, 0) is 9.53 Å². The lowest BCUT2D eigenvalue weighted by Crippen LogP contribution is -2.29. The van der Waals surface area contributed by atoms with Crippen molar-refractivity contribution < 1.29 is 23.1 Å². The van der Waals surface area contributed by atoms with Gasteiger partial charge in [0.2, 0.25) is 0 Å². The van der Waals surface area contributed by atoms with Crippen LogP contribution in [0.2, 0.25) is 0 Å². The van der Waals surface area contributed by atoms with E-state index in [2.05, 4.69) is 10.1 Å². The second-order valence-corrected chi connectivity index (χ2v) is 3.49. The van der Waals surface area contributed by atoms with Crippen molar-refractivity contribution in [1.29, 1.82) is 5.26 Å². The molecule has 0 unspecified atom stereocenters. The maximum atomic E-state index is 12.8. The fraction of sp³-hybridized carbons (Fsp3) is 0.250. The van der Waals surface area contributed by atoms with E-state index in [9.17, 15) is 18.4 Å². The number of amides is 1. The maximum Gasteiger partial charge on any atom is 0.338 e. The summed E-state index contributed by atoms with van der Waals surface area (Å²) in [5.41, 5.74) is -0.317. The summed E-state index contributed by atoms with van der Waals surface area (Å²) in [4.78, 5) is 22.5. The Morgan fingerprint density at radius 1 is 1.26 bits per heavy atom. The van der Waals surface area contributed by atoms with Crippen LogP contribution < -0.4 is 5.32 Å².